The molecule has 30 heavy (non-hydrogen) atoms. The van der Waals surface area contributed by atoms with Gasteiger partial charge in [-0.2, -0.15) is 33.2 Å². The second-order valence-corrected chi connectivity index (χ2v) is 6.98. The summed E-state index contributed by atoms with van der Waals surface area (Å²) < 4.78 is 40.9. The average Bonchev–Trinajstić information content (AvgIpc) is 3.12. The molecule has 3 heterocycles. The van der Waals surface area contributed by atoms with Crippen molar-refractivity contribution in [1.29, 1.82) is 0 Å². The smallest absolute Gasteiger partial charge is 0.352 e. The molecule has 0 bridgehead atoms. The maximum absolute atomic E-state index is 13.0. The van der Waals surface area contributed by atoms with Crippen molar-refractivity contribution in [1.82, 2.24) is 29.7 Å². The highest BCUT2D eigenvalue weighted by atomic mass is 19.4. The fraction of sp³-hybridized carbons (Fsp3) is 0.421. The normalized spacial score (nSPS) is 11.7. The van der Waals surface area contributed by atoms with Crippen molar-refractivity contribution in [2.75, 3.05) is 10.6 Å². The number of nitrogens with one attached hydrogen (secondary N) is 2. The molecule has 160 valence electrons. The van der Waals surface area contributed by atoms with Crippen LogP contribution in [0.4, 0.5) is 30.8 Å². The molecule has 0 amide bonds. The summed E-state index contributed by atoms with van der Waals surface area (Å²) in [5.41, 5.74) is -0.345. The molecule has 0 spiro atoms. The van der Waals surface area contributed by atoms with Gasteiger partial charge in [-0.25, -0.2) is 4.98 Å². The van der Waals surface area contributed by atoms with E-state index in [1.165, 1.54) is 12.1 Å². The first-order valence-electron chi connectivity index (χ1n) is 9.61. The van der Waals surface area contributed by atoms with Crippen molar-refractivity contribution in [2.24, 2.45) is 0 Å². The molecule has 0 aliphatic rings. The third-order valence-electron chi connectivity index (χ3n) is 3.95. The topological polar surface area (TPSA) is 93.4 Å². The van der Waals surface area contributed by atoms with Gasteiger partial charge in [0.1, 0.15) is 11.4 Å². The number of alkyl halides is 3. The van der Waals surface area contributed by atoms with E-state index in [4.69, 9.17) is 0 Å². The Morgan fingerprint density at radius 1 is 1.07 bits per heavy atom. The second-order valence-electron chi connectivity index (χ2n) is 6.98. The molecule has 8 nitrogen and oxygen atoms in total. The van der Waals surface area contributed by atoms with Crippen molar-refractivity contribution in [3.05, 3.63) is 36.3 Å². The van der Waals surface area contributed by atoms with Gasteiger partial charge in [0.25, 0.3) is 0 Å². The van der Waals surface area contributed by atoms with Gasteiger partial charge in [-0.15, -0.1) is 0 Å². The van der Waals surface area contributed by atoms with Gasteiger partial charge in [0, 0.05) is 18.8 Å². The van der Waals surface area contributed by atoms with Crippen LogP contribution < -0.4 is 10.6 Å². The van der Waals surface area contributed by atoms with E-state index in [1.54, 1.807) is 10.9 Å². The highest BCUT2D eigenvalue weighted by molar-refractivity contribution is 5.58. The highest BCUT2D eigenvalue weighted by Crippen LogP contribution is 2.29. The first kappa shape index (κ1) is 21.5. The van der Waals surface area contributed by atoms with E-state index >= 15 is 0 Å². The summed E-state index contributed by atoms with van der Waals surface area (Å²) in [5.74, 6) is 0.438. The van der Waals surface area contributed by atoms with Gasteiger partial charge in [-0.1, -0.05) is 19.4 Å². The summed E-state index contributed by atoms with van der Waals surface area (Å²) in [4.78, 5) is 16.5. The molecule has 0 aliphatic heterocycles. The lowest BCUT2D eigenvalue weighted by Crippen LogP contribution is -2.15. The molecule has 3 rings (SSSR count). The van der Waals surface area contributed by atoms with Gasteiger partial charge in [0.15, 0.2) is 5.82 Å². The van der Waals surface area contributed by atoms with Crippen molar-refractivity contribution in [2.45, 2.75) is 52.4 Å². The Labute approximate surface area is 172 Å². The van der Waals surface area contributed by atoms with Crippen LogP contribution in [-0.4, -0.2) is 35.8 Å². The minimum absolute atomic E-state index is 0.000669. The van der Waals surface area contributed by atoms with E-state index in [9.17, 15) is 13.2 Å². The summed E-state index contributed by atoms with van der Waals surface area (Å²) in [6.07, 6.45) is 0.943. The zero-order valence-electron chi connectivity index (χ0n) is 16.9. The molecule has 0 unspecified atom stereocenters. The quantitative estimate of drug-likeness (QED) is 0.554. The summed E-state index contributed by atoms with van der Waals surface area (Å²) in [6.45, 7) is 6.68. The lowest BCUT2D eigenvalue weighted by molar-refractivity contribution is -0.141. The van der Waals surface area contributed by atoms with E-state index in [-0.39, 0.29) is 29.5 Å². The van der Waals surface area contributed by atoms with Crippen LogP contribution in [0.2, 0.25) is 0 Å². The van der Waals surface area contributed by atoms with Crippen LogP contribution in [0, 0.1) is 0 Å². The van der Waals surface area contributed by atoms with Gasteiger partial charge in [-0.3, -0.25) is 4.68 Å². The molecule has 0 atom stereocenters. The molecule has 0 aliphatic carbocycles. The van der Waals surface area contributed by atoms with Gasteiger partial charge in [0.05, 0.1) is 11.9 Å². The first-order chi connectivity index (χ1) is 14.2. The van der Waals surface area contributed by atoms with Crippen molar-refractivity contribution < 1.29 is 13.2 Å². The van der Waals surface area contributed by atoms with E-state index in [1.807, 2.05) is 20.0 Å². The maximum atomic E-state index is 13.0. The Bertz CT molecular complexity index is 984. The van der Waals surface area contributed by atoms with Crippen LogP contribution in [0.15, 0.2) is 30.6 Å². The van der Waals surface area contributed by atoms with E-state index in [0.717, 1.165) is 25.5 Å². The molecule has 0 fully saturated rings. The monoisotopic (exact) mass is 420 g/mol. The number of anilines is 3. The van der Waals surface area contributed by atoms with Gasteiger partial charge < -0.3 is 10.6 Å². The number of aromatic nitrogens is 6. The number of rotatable bonds is 8. The molecule has 3 aromatic rings. The maximum Gasteiger partial charge on any atom is 0.433 e. The molecular weight excluding hydrogens is 397 g/mol. The van der Waals surface area contributed by atoms with Crippen LogP contribution >= 0.6 is 0 Å². The SMILES string of the molecule is CCCCn1cc(Nc2nc(NC(C)C)nc(-c3cccc(C(F)(F)F)n3)n2)cn1. The van der Waals surface area contributed by atoms with Crippen molar-refractivity contribution >= 4 is 17.6 Å². The number of hydrogen-bond acceptors (Lipinski definition) is 7. The third-order valence-corrected chi connectivity index (χ3v) is 3.95. The zero-order chi connectivity index (χ0) is 21.7. The molecular formula is C19H23F3N8. The van der Waals surface area contributed by atoms with Crippen LogP contribution in [0.3, 0.4) is 0 Å². The number of nitrogens with zero attached hydrogens (tertiary/aromatic N) is 6. The number of halogens is 3. The molecule has 0 saturated heterocycles. The zero-order valence-corrected chi connectivity index (χ0v) is 16.9. The van der Waals surface area contributed by atoms with Gasteiger partial charge in [0.2, 0.25) is 11.9 Å². The van der Waals surface area contributed by atoms with Crippen molar-refractivity contribution in [3.8, 4) is 11.5 Å². The van der Waals surface area contributed by atoms with Crippen LogP contribution in [0.1, 0.15) is 39.3 Å². The predicted octanol–water partition coefficient (Wildman–Crippen LogP) is 4.51. The minimum Gasteiger partial charge on any atom is -0.352 e. The summed E-state index contributed by atoms with van der Waals surface area (Å²) >= 11 is 0. The second kappa shape index (κ2) is 9.06. The molecule has 0 saturated carbocycles. The van der Waals surface area contributed by atoms with Gasteiger partial charge >= 0.3 is 6.18 Å². The molecule has 3 aromatic heterocycles. The predicted molar refractivity (Wildman–Crippen MR) is 107 cm³/mol. The largest absolute Gasteiger partial charge is 0.433 e. The Hall–Kier alpha value is -3.24. The van der Waals surface area contributed by atoms with Crippen molar-refractivity contribution in [3.63, 3.8) is 0 Å². The number of aryl methyl sites for hydroxylation is 1. The van der Waals surface area contributed by atoms with E-state index in [2.05, 4.69) is 42.6 Å². The third kappa shape index (κ3) is 5.65. The Balaban J connectivity index is 1.93. The lowest BCUT2D eigenvalue weighted by Gasteiger charge is -2.12. The van der Waals surface area contributed by atoms with Gasteiger partial charge in [-0.05, 0) is 32.4 Å². The number of unbranched alkanes of at least 4 members (excludes halogenated alkanes) is 1. The highest BCUT2D eigenvalue weighted by Gasteiger charge is 2.32. The first-order valence-corrected chi connectivity index (χ1v) is 9.61. The Kier molecular flexibility index (Phi) is 6.48. The summed E-state index contributed by atoms with van der Waals surface area (Å²) in [7, 11) is 0. The van der Waals surface area contributed by atoms with Crippen LogP contribution in [-0.2, 0) is 12.7 Å². The number of hydrogen-bond donors (Lipinski definition) is 2. The van der Waals surface area contributed by atoms with Crippen LogP contribution in [0.25, 0.3) is 11.5 Å². The molecule has 0 radical (unpaired) electrons. The summed E-state index contributed by atoms with van der Waals surface area (Å²) in [6, 6.07) is 3.62. The fourth-order valence-electron chi connectivity index (χ4n) is 2.59. The molecule has 0 aromatic carbocycles. The fourth-order valence-corrected chi connectivity index (χ4v) is 2.59. The molecule has 2 N–H and O–H groups in total. The summed E-state index contributed by atoms with van der Waals surface area (Å²) in [5, 5.41) is 10.3. The minimum atomic E-state index is -4.56. The Morgan fingerprint density at radius 2 is 1.83 bits per heavy atom. The Morgan fingerprint density at radius 3 is 2.53 bits per heavy atom. The molecule has 11 heteroatoms. The van der Waals surface area contributed by atoms with E-state index in [0.29, 0.717) is 5.69 Å². The van der Waals surface area contributed by atoms with E-state index < -0.39 is 11.9 Å². The number of pyridine rings is 1. The standard InChI is InChI=1S/C19H23F3N8/c1-4-5-9-30-11-13(10-23-30)25-18-28-16(27-17(29-18)24-12(2)3)14-7-6-8-15(26-14)19(20,21)22/h6-8,10-12H,4-5,9H2,1-3H3,(H2,24,25,27,28,29). The average molecular weight is 420 g/mol. The lowest BCUT2D eigenvalue weighted by atomic mass is 10.3. The van der Waals surface area contributed by atoms with Crippen LogP contribution in [0.5, 0.6) is 0 Å².